The Kier molecular flexibility index (Phi) is 4.87. The Balaban J connectivity index is 1.83. The van der Waals surface area contributed by atoms with E-state index in [1.54, 1.807) is 0 Å². The van der Waals surface area contributed by atoms with Crippen LogP contribution < -0.4 is 4.90 Å². The summed E-state index contributed by atoms with van der Waals surface area (Å²) >= 11 is 6.01. The van der Waals surface area contributed by atoms with Crippen molar-refractivity contribution >= 4 is 17.3 Å². The second-order valence-corrected chi connectivity index (χ2v) is 5.38. The molecule has 2 rings (SSSR count). The molecule has 4 heteroatoms. The summed E-state index contributed by atoms with van der Waals surface area (Å²) in [5.41, 5.74) is 1.21. The lowest BCUT2D eigenvalue weighted by Crippen LogP contribution is -2.47. The van der Waals surface area contributed by atoms with Gasteiger partial charge in [-0.15, -0.1) is 0 Å². The van der Waals surface area contributed by atoms with Crippen LogP contribution in [0.4, 0.5) is 5.69 Å². The minimum atomic E-state index is -0.198. The van der Waals surface area contributed by atoms with Gasteiger partial charge in [0.2, 0.25) is 0 Å². The first-order valence-electron chi connectivity index (χ1n) is 6.56. The first-order chi connectivity index (χ1) is 8.65. The predicted molar refractivity (Wildman–Crippen MR) is 76.4 cm³/mol. The van der Waals surface area contributed by atoms with Gasteiger partial charge in [0.05, 0.1) is 6.10 Å². The molecule has 0 aromatic heterocycles. The molecule has 0 saturated carbocycles. The molecule has 1 heterocycles. The van der Waals surface area contributed by atoms with Gasteiger partial charge in [0.1, 0.15) is 0 Å². The largest absolute Gasteiger partial charge is 0.393 e. The van der Waals surface area contributed by atoms with Crippen LogP contribution in [0.15, 0.2) is 24.3 Å². The number of hydrogen-bond acceptors (Lipinski definition) is 3. The lowest BCUT2D eigenvalue weighted by atomic mass is 10.2. The monoisotopic (exact) mass is 268 g/mol. The molecule has 0 bridgehead atoms. The van der Waals surface area contributed by atoms with Crippen molar-refractivity contribution in [2.75, 3.05) is 37.6 Å². The Labute approximate surface area is 114 Å². The molecule has 1 saturated heterocycles. The van der Waals surface area contributed by atoms with Gasteiger partial charge in [-0.1, -0.05) is 17.7 Å². The van der Waals surface area contributed by atoms with E-state index in [-0.39, 0.29) is 6.10 Å². The lowest BCUT2D eigenvalue weighted by molar-refractivity contribution is 0.153. The first kappa shape index (κ1) is 13.7. The van der Waals surface area contributed by atoms with Crippen molar-refractivity contribution in [1.82, 2.24) is 4.90 Å². The molecule has 1 aliphatic heterocycles. The van der Waals surface area contributed by atoms with E-state index < -0.39 is 0 Å². The van der Waals surface area contributed by atoms with Gasteiger partial charge in [0.15, 0.2) is 0 Å². The maximum atomic E-state index is 9.29. The molecule has 18 heavy (non-hydrogen) atoms. The van der Waals surface area contributed by atoms with Crippen LogP contribution in [-0.4, -0.2) is 48.8 Å². The molecular formula is C14H21ClN2O. The third-order valence-electron chi connectivity index (χ3n) is 3.41. The molecular weight excluding hydrogens is 248 g/mol. The topological polar surface area (TPSA) is 26.7 Å². The normalized spacial score (nSPS) is 18.9. The average molecular weight is 269 g/mol. The van der Waals surface area contributed by atoms with Crippen molar-refractivity contribution in [1.29, 1.82) is 0 Å². The fraction of sp³-hybridized carbons (Fsp3) is 0.571. The molecule has 0 radical (unpaired) electrons. The van der Waals surface area contributed by atoms with Gasteiger partial charge in [0.25, 0.3) is 0 Å². The Morgan fingerprint density at radius 2 is 2.00 bits per heavy atom. The van der Waals surface area contributed by atoms with E-state index in [4.69, 9.17) is 11.6 Å². The quantitative estimate of drug-likeness (QED) is 0.907. The molecule has 100 valence electrons. The zero-order chi connectivity index (χ0) is 13.0. The van der Waals surface area contributed by atoms with Gasteiger partial charge in [-0.2, -0.15) is 0 Å². The van der Waals surface area contributed by atoms with E-state index in [1.165, 1.54) is 5.69 Å². The fourth-order valence-corrected chi connectivity index (χ4v) is 2.46. The van der Waals surface area contributed by atoms with E-state index in [0.717, 1.165) is 44.2 Å². The summed E-state index contributed by atoms with van der Waals surface area (Å²) in [5.74, 6) is 0. The van der Waals surface area contributed by atoms with Crippen molar-refractivity contribution in [2.24, 2.45) is 0 Å². The van der Waals surface area contributed by atoms with E-state index in [9.17, 15) is 5.11 Å². The highest BCUT2D eigenvalue weighted by Gasteiger charge is 2.17. The number of aliphatic hydroxyl groups excluding tert-OH is 1. The van der Waals surface area contributed by atoms with Crippen molar-refractivity contribution in [3.05, 3.63) is 29.3 Å². The van der Waals surface area contributed by atoms with Gasteiger partial charge >= 0.3 is 0 Å². The van der Waals surface area contributed by atoms with Gasteiger partial charge < -0.3 is 10.0 Å². The lowest BCUT2D eigenvalue weighted by Gasteiger charge is -2.36. The molecule has 3 nitrogen and oxygen atoms in total. The molecule has 0 amide bonds. The van der Waals surface area contributed by atoms with E-state index in [1.807, 2.05) is 25.1 Å². The summed E-state index contributed by atoms with van der Waals surface area (Å²) in [5, 5.41) is 10.1. The zero-order valence-corrected chi connectivity index (χ0v) is 11.6. The number of hydrogen-bond donors (Lipinski definition) is 1. The van der Waals surface area contributed by atoms with Crippen molar-refractivity contribution in [3.8, 4) is 0 Å². The van der Waals surface area contributed by atoms with E-state index >= 15 is 0 Å². The average Bonchev–Trinajstić information content (AvgIpc) is 2.37. The maximum absolute atomic E-state index is 9.29. The van der Waals surface area contributed by atoms with Crippen molar-refractivity contribution < 1.29 is 5.11 Å². The minimum absolute atomic E-state index is 0.198. The predicted octanol–water partition coefficient (Wildman–Crippen LogP) is 2.23. The Bertz CT molecular complexity index is 376. The van der Waals surface area contributed by atoms with Crippen LogP contribution in [0.25, 0.3) is 0 Å². The standard InChI is InChI=1S/C14H21ClN2O/c1-12(18)5-6-16-7-9-17(10-8-16)14-4-2-3-13(15)11-14/h2-4,11-12,18H,5-10H2,1H3. The zero-order valence-electron chi connectivity index (χ0n) is 10.8. The van der Waals surface area contributed by atoms with Crippen LogP contribution >= 0.6 is 11.6 Å². The molecule has 1 aliphatic rings. The molecule has 1 N–H and O–H groups in total. The van der Waals surface area contributed by atoms with E-state index in [0.29, 0.717) is 0 Å². The Hall–Kier alpha value is -0.770. The van der Waals surface area contributed by atoms with Gasteiger partial charge in [-0.25, -0.2) is 0 Å². The second kappa shape index (κ2) is 6.41. The molecule has 1 atom stereocenters. The fourth-order valence-electron chi connectivity index (χ4n) is 2.27. The smallest absolute Gasteiger partial charge is 0.0524 e. The second-order valence-electron chi connectivity index (χ2n) is 4.95. The highest BCUT2D eigenvalue weighted by molar-refractivity contribution is 6.30. The van der Waals surface area contributed by atoms with Crippen LogP contribution in [0.3, 0.4) is 0 Å². The number of rotatable bonds is 4. The summed E-state index contributed by atoms with van der Waals surface area (Å²) in [6.07, 6.45) is 0.660. The van der Waals surface area contributed by atoms with Crippen LogP contribution in [-0.2, 0) is 0 Å². The Morgan fingerprint density at radius 3 is 2.61 bits per heavy atom. The molecule has 1 aromatic rings. The number of benzene rings is 1. The number of piperazine rings is 1. The maximum Gasteiger partial charge on any atom is 0.0524 e. The minimum Gasteiger partial charge on any atom is -0.393 e. The third kappa shape index (κ3) is 3.87. The van der Waals surface area contributed by atoms with Crippen LogP contribution in [0, 0.1) is 0 Å². The first-order valence-corrected chi connectivity index (χ1v) is 6.94. The van der Waals surface area contributed by atoms with E-state index in [2.05, 4.69) is 15.9 Å². The summed E-state index contributed by atoms with van der Waals surface area (Å²) in [4.78, 5) is 4.78. The summed E-state index contributed by atoms with van der Waals surface area (Å²) in [6, 6.07) is 8.03. The number of halogens is 1. The summed E-state index contributed by atoms with van der Waals surface area (Å²) in [7, 11) is 0. The SMILES string of the molecule is CC(O)CCN1CCN(c2cccc(Cl)c2)CC1. The number of anilines is 1. The molecule has 1 aromatic carbocycles. The summed E-state index contributed by atoms with van der Waals surface area (Å²) in [6.45, 7) is 7.00. The molecule has 1 fully saturated rings. The van der Waals surface area contributed by atoms with Crippen LogP contribution in [0.2, 0.25) is 5.02 Å². The number of aliphatic hydroxyl groups is 1. The molecule has 0 aliphatic carbocycles. The highest BCUT2D eigenvalue weighted by Crippen LogP contribution is 2.20. The van der Waals surface area contributed by atoms with Crippen LogP contribution in [0.1, 0.15) is 13.3 Å². The van der Waals surface area contributed by atoms with Crippen LogP contribution in [0.5, 0.6) is 0 Å². The number of nitrogens with zero attached hydrogens (tertiary/aromatic N) is 2. The third-order valence-corrected chi connectivity index (χ3v) is 3.64. The van der Waals surface area contributed by atoms with Gasteiger partial charge in [0, 0.05) is 43.4 Å². The molecule has 1 unspecified atom stereocenters. The van der Waals surface area contributed by atoms with Gasteiger partial charge in [-0.05, 0) is 31.5 Å². The van der Waals surface area contributed by atoms with Crippen molar-refractivity contribution in [3.63, 3.8) is 0 Å². The molecule has 0 spiro atoms. The summed E-state index contributed by atoms with van der Waals surface area (Å²) < 4.78 is 0. The van der Waals surface area contributed by atoms with Gasteiger partial charge in [-0.3, -0.25) is 4.90 Å². The highest BCUT2D eigenvalue weighted by atomic mass is 35.5. The van der Waals surface area contributed by atoms with Crippen molar-refractivity contribution in [2.45, 2.75) is 19.4 Å². The Morgan fingerprint density at radius 1 is 1.28 bits per heavy atom.